The highest BCUT2D eigenvalue weighted by Gasteiger charge is 2.31. The van der Waals surface area contributed by atoms with E-state index in [0.717, 1.165) is 49.0 Å². The van der Waals surface area contributed by atoms with Crippen molar-refractivity contribution in [3.63, 3.8) is 0 Å². The Morgan fingerprint density at radius 2 is 1.76 bits per heavy atom. The van der Waals surface area contributed by atoms with Crippen molar-refractivity contribution in [1.82, 2.24) is 24.4 Å². The molecular formula is C33H34ClN5O2. The van der Waals surface area contributed by atoms with E-state index in [1.54, 1.807) is 22.8 Å². The van der Waals surface area contributed by atoms with Crippen molar-refractivity contribution in [2.24, 2.45) is 5.92 Å². The van der Waals surface area contributed by atoms with Gasteiger partial charge in [0.25, 0.3) is 5.56 Å². The minimum atomic E-state index is -0.267. The first-order valence-corrected chi connectivity index (χ1v) is 14.9. The molecule has 1 atom stereocenters. The van der Waals surface area contributed by atoms with Crippen molar-refractivity contribution in [2.45, 2.75) is 51.4 Å². The van der Waals surface area contributed by atoms with Gasteiger partial charge in [-0.05, 0) is 61.7 Å². The van der Waals surface area contributed by atoms with Crippen LogP contribution < -0.4 is 5.56 Å². The summed E-state index contributed by atoms with van der Waals surface area (Å²) in [6.07, 6.45) is 4.79. The number of hydrogen-bond donors (Lipinski definition) is 1. The summed E-state index contributed by atoms with van der Waals surface area (Å²) in [6, 6.07) is 22.7. The maximum atomic E-state index is 14.0. The lowest BCUT2D eigenvalue weighted by molar-refractivity contribution is -0.137. The molecule has 8 heteroatoms. The quantitative estimate of drug-likeness (QED) is 0.227. The van der Waals surface area contributed by atoms with Crippen molar-refractivity contribution >= 4 is 39.4 Å². The van der Waals surface area contributed by atoms with Crippen molar-refractivity contribution in [3.8, 4) is 5.69 Å². The molecule has 0 aliphatic carbocycles. The Hall–Kier alpha value is -3.97. The van der Waals surface area contributed by atoms with Crippen LogP contribution in [0.4, 0.5) is 0 Å². The van der Waals surface area contributed by atoms with Gasteiger partial charge in [0.1, 0.15) is 11.6 Å². The van der Waals surface area contributed by atoms with Gasteiger partial charge in [-0.2, -0.15) is 0 Å². The maximum Gasteiger partial charge on any atom is 0.265 e. The number of piperidine rings is 1. The minimum absolute atomic E-state index is 0.140. The molecule has 210 valence electrons. The third kappa shape index (κ3) is 5.64. The van der Waals surface area contributed by atoms with E-state index in [4.69, 9.17) is 21.6 Å². The molecule has 1 aliphatic rings. The number of benzene rings is 3. The molecule has 5 aromatic rings. The molecule has 2 aromatic heterocycles. The Kier molecular flexibility index (Phi) is 7.88. The molecule has 0 bridgehead atoms. The molecule has 0 saturated carbocycles. The third-order valence-electron chi connectivity index (χ3n) is 8.20. The number of hydrogen-bond acceptors (Lipinski definition) is 4. The summed E-state index contributed by atoms with van der Waals surface area (Å²) in [6.45, 7) is 3.52. The second kappa shape index (κ2) is 11.9. The fourth-order valence-electron chi connectivity index (χ4n) is 5.98. The van der Waals surface area contributed by atoms with E-state index in [9.17, 15) is 9.59 Å². The predicted molar refractivity (Wildman–Crippen MR) is 164 cm³/mol. The number of para-hydroxylation sites is 3. The van der Waals surface area contributed by atoms with Gasteiger partial charge >= 0.3 is 0 Å². The predicted octanol–water partition coefficient (Wildman–Crippen LogP) is 6.67. The summed E-state index contributed by atoms with van der Waals surface area (Å²) in [5.41, 5.74) is 3.17. The first-order chi connectivity index (χ1) is 20.0. The van der Waals surface area contributed by atoms with Gasteiger partial charge < -0.3 is 9.88 Å². The molecule has 1 saturated heterocycles. The number of imidazole rings is 1. The number of aromatic amines is 1. The second-order valence-electron chi connectivity index (χ2n) is 10.9. The highest BCUT2D eigenvalue weighted by molar-refractivity contribution is 6.30. The van der Waals surface area contributed by atoms with Crippen LogP contribution in [0.25, 0.3) is 27.6 Å². The van der Waals surface area contributed by atoms with E-state index in [1.807, 2.05) is 59.5 Å². The number of halogens is 1. The van der Waals surface area contributed by atoms with Crippen LogP contribution in [-0.4, -0.2) is 43.4 Å². The van der Waals surface area contributed by atoms with Crippen LogP contribution in [0.5, 0.6) is 0 Å². The molecular weight excluding hydrogens is 534 g/mol. The molecule has 1 fully saturated rings. The van der Waals surface area contributed by atoms with Crippen molar-refractivity contribution < 1.29 is 4.79 Å². The number of likely N-dealkylation sites (tertiary alicyclic amines) is 1. The largest absolute Gasteiger partial charge is 0.342 e. The number of unbranched alkanes of at least 4 members (excludes halogenated alkanes) is 1. The summed E-state index contributed by atoms with van der Waals surface area (Å²) >= 11 is 6.32. The highest BCUT2D eigenvalue weighted by Crippen LogP contribution is 2.30. The van der Waals surface area contributed by atoms with Gasteiger partial charge in [0, 0.05) is 36.4 Å². The Morgan fingerprint density at radius 1 is 1.00 bits per heavy atom. The zero-order valence-electron chi connectivity index (χ0n) is 23.2. The van der Waals surface area contributed by atoms with E-state index in [-0.39, 0.29) is 17.4 Å². The first kappa shape index (κ1) is 27.2. The molecule has 3 heterocycles. The van der Waals surface area contributed by atoms with Gasteiger partial charge in [0.2, 0.25) is 5.91 Å². The number of amides is 1. The van der Waals surface area contributed by atoms with E-state index in [0.29, 0.717) is 52.9 Å². The van der Waals surface area contributed by atoms with Crippen LogP contribution in [0.15, 0.2) is 77.6 Å². The summed E-state index contributed by atoms with van der Waals surface area (Å²) in [5, 5.41) is 1.08. The number of H-pyrrole nitrogens is 1. The van der Waals surface area contributed by atoms with E-state index in [1.165, 1.54) is 0 Å². The molecule has 3 aromatic carbocycles. The lowest BCUT2D eigenvalue weighted by Crippen LogP contribution is -2.42. The number of fused-ring (bicyclic) bond motifs is 2. The summed E-state index contributed by atoms with van der Waals surface area (Å²) < 4.78 is 1.63. The molecule has 0 radical (unpaired) electrons. The number of carbonyl (C=O) groups excluding carboxylic acids is 1. The number of aromatic nitrogens is 4. The standard InChI is InChI=1S/C33H34ClN5O2/c1-2-3-9-23(32(40)38-18-16-22(17-19-38)31-36-28-14-6-7-15-29(28)37-31)20-30-35-27-13-5-4-12-26(27)33(41)39(30)25-11-8-10-24(34)21-25/h4-8,10-15,21-23H,2-3,9,16-20H2,1H3,(H,36,37). The van der Waals surface area contributed by atoms with Crippen LogP contribution in [-0.2, 0) is 11.2 Å². The average molecular weight is 568 g/mol. The van der Waals surface area contributed by atoms with Crippen LogP contribution in [0.3, 0.4) is 0 Å². The summed E-state index contributed by atoms with van der Waals surface area (Å²) in [5.74, 6) is 1.77. The van der Waals surface area contributed by atoms with Gasteiger partial charge in [0.05, 0.1) is 27.6 Å². The molecule has 1 amide bonds. The van der Waals surface area contributed by atoms with Gasteiger partial charge in [-0.25, -0.2) is 9.97 Å². The molecule has 7 nitrogen and oxygen atoms in total. The minimum Gasteiger partial charge on any atom is -0.342 e. The normalized spacial score (nSPS) is 15.0. The number of nitrogens with zero attached hydrogens (tertiary/aromatic N) is 4. The molecule has 41 heavy (non-hydrogen) atoms. The molecule has 1 unspecified atom stereocenters. The SMILES string of the molecule is CCCCC(Cc1nc2ccccc2c(=O)n1-c1cccc(Cl)c1)C(=O)N1CCC(c2nc3ccccc3[nH]2)CC1. The van der Waals surface area contributed by atoms with Crippen LogP contribution in [0, 0.1) is 5.92 Å². The van der Waals surface area contributed by atoms with E-state index < -0.39 is 0 Å². The Balaban J connectivity index is 1.27. The smallest absolute Gasteiger partial charge is 0.265 e. The number of rotatable bonds is 8. The van der Waals surface area contributed by atoms with E-state index in [2.05, 4.69) is 11.9 Å². The highest BCUT2D eigenvalue weighted by atomic mass is 35.5. The zero-order chi connectivity index (χ0) is 28.3. The molecule has 0 spiro atoms. The topological polar surface area (TPSA) is 83.9 Å². The van der Waals surface area contributed by atoms with Gasteiger partial charge in [0.15, 0.2) is 0 Å². The third-order valence-corrected chi connectivity index (χ3v) is 8.43. The van der Waals surface area contributed by atoms with Crippen molar-refractivity contribution in [2.75, 3.05) is 13.1 Å². The lowest BCUT2D eigenvalue weighted by Gasteiger charge is -2.34. The molecule has 6 rings (SSSR count). The van der Waals surface area contributed by atoms with Crippen molar-refractivity contribution in [1.29, 1.82) is 0 Å². The molecule has 1 N–H and O–H groups in total. The van der Waals surface area contributed by atoms with Crippen LogP contribution in [0.2, 0.25) is 5.02 Å². The summed E-state index contributed by atoms with van der Waals surface area (Å²) in [7, 11) is 0. The zero-order valence-corrected chi connectivity index (χ0v) is 24.0. The second-order valence-corrected chi connectivity index (χ2v) is 11.4. The molecule has 1 aliphatic heterocycles. The van der Waals surface area contributed by atoms with Gasteiger partial charge in [-0.3, -0.25) is 14.2 Å². The van der Waals surface area contributed by atoms with Crippen LogP contribution >= 0.6 is 11.6 Å². The first-order valence-electron chi connectivity index (χ1n) is 14.5. The maximum absolute atomic E-state index is 14.0. The van der Waals surface area contributed by atoms with Crippen molar-refractivity contribution in [3.05, 3.63) is 99.8 Å². The van der Waals surface area contributed by atoms with Gasteiger partial charge in [-0.15, -0.1) is 0 Å². The lowest BCUT2D eigenvalue weighted by atomic mass is 9.92. The fourth-order valence-corrected chi connectivity index (χ4v) is 6.16. The summed E-state index contributed by atoms with van der Waals surface area (Å²) in [4.78, 5) is 43.0. The Morgan fingerprint density at radius 3 is 2.51 bits per heavy atom. The Labute approximate surface area is 244 Å². The van der Waals surface area contributed by atoms with Gasteiger partial charge in [-0.1, -0.05) is 61.7 Å². The Bertz CT molecular complexity index is 1720. The van der Waals surface area contributed by atoms with Crippen LogP contribution in [0.1, 0.15) is 56.6 Å². The monoisotopic (exact) mass is 567 g/mol. The average Bonchev–Trinajstić information content (AvgIpc) is 3.44. The number of carbonyl (C=O) groups is 1. The number of nitrogens with one attached hydrogen (secondary N) is 1. The van der Waals surface area contributed by atoms with E-state index >= 15 is 0 Å². The fraction of sp³-hybridized carbons (Fsp3) is 0.333.